The molecule has 0 radical (unpaired) electrons. The topological polar surface area (TPSA) is 268 Å². The third-order valence-corrected chi connectivity index (χ3v) is 28.7. The van der Waals surface area contributed by atoms with Gasteiger partial charge < -0.3 is 16.0 Å². The van der Waals surface area contributed by atoms with E-state index in [0.29, 0.717) is 84.1 Å². The lowest BCUT2D eigenvalue weighted by Gasteiger charge is -2.13. The van der Waals surface area contributed by atoms with Gasteiger partial charge >= 0.3 is 0 Å². The number of fused-ring (bicyclic) bond motifs is 12. The molecule has 3 amide bonds. The van der Waals surface area contributed by atoms with Gasteiger partial charge in [-0.15, -0.1) is 64.6 Å². The largest absolute Gasteiger partial charge is 0.326 e. The molecule has 6 aromatic heterocycles. The van der Waals surface area contributed by atoms with Crippen molar-refractivity contribution < 1.29 is 30.9 Å². The highest BCUT2D eigenvalue weighted by molar-refractivity contribution is 7.93. The van der Waals surface area contributed by atoms with Crippen LogP contribution in [0, 0.1) is 62.3 Å². The quantitative estimate of drug-likeness (QED) is 0.103. The van der Waals surface area contributed by atoms with E-state index >= 15 is 0 Å². The maximum atomic E-state index is 13.3. The Morgan fingerprint density at radius 2 is 0.649 bits per heavy atom. The Balaban J connectivity index is 0.000000132. The maximum absolute atomic E-state index is 13.3. The lowest BCUT2D eigenvalue weighted by atomic mass is 9.99. The first-order valence-corrected chi connectivity index (χ1v) is 45.5. The van der Waals surface area contributed by atoms with E-state index < -0.39 is 50.5 Å². The number of halogens is 4. The molecular formula is C82H75Cl3FN15O6S7. The van der Waals surface area contributed by atoms with E-state index in [1.54, 1.807) is 34.0 Å². The van der Waals surface area contributed by atoms with Crippen LogP contribution in [0.3, 0.4) is 0 Å². The minimum Gasteiger partial charge on any atom is -0.326 e. The fraction of sp³-hybridized carbons (Fsp3) is 0.268. The van der Waals surface area contributed by atoms with Crippen LogP contribution >= 0.6 is 81.0 Å². The zero-order chi connectivity index (χ0) is 80.2. The van der Waals surface area contributed by atoms with Crippen LogP contribution in [-0.2, 0) is 81.3 Å². The van der Waals surface area contributed by atoms with E-state index in [0.717, 1.165) is 133 Å². The second-order valence-corrected chi connectivity index (χ2v) is 37.9. The SMILES string of the molecule is CSF.Cc1sc2c(c1C)C(c1ccc(Cl)cc1)=N[C@@H](CC(=O)Nc1ccc3c(c1)CS(=O)C3)c1nnc(C)n1-2.Cc1sc2c(c1C)C(c1ccc(Cl)cc1)=N[C@@H](CC(=O)Nc1ccc3c(c1)C[S@@](=O)C3)c1nnc(C)n1-2.Cc1sc2c(c1C)C(c1ccc(Cl)cc1)=N[C@@H](CC(=O)Nc1ccc3c(c1)C[S@](=O)C3)c1nnc(C)n1-2. The Hall–Kier alpha value is -9.14. The molecule has 0 saturated carbocycles. The number of amides is 3. The molecule has 0 bridgehead atoms. The van der Waals surface area contributed by atoms with E-state index in [4.69, 9.17) is 49.8 Å². The summed E-state index contributed by atoms with van der Waals surface area (Å²) in [6.45, 7) is 18.4. The number of aryl methyl sites for hydroxylation is 6. The zero-order valence-corrected chi connectivity index (χ0v) is 71.4. The highest BCUT2D eigenvalue weighted by Crippen LogP contribution is 2.45. The van der Waals surface area contributed by atoms with Crippen LogP contribution in [0.4, 0.5) is 20.9 Å². The van der Waals surface area contributed by atoms with Crippen molar-refractivity contribution in [3.63, 3.8) is 0 Å². The first-order valence-electron chi connectivity index (χ1n) is 36.3. The Labute approximate surface area is 696 Å². The van der Waals surface area contributed by atoms with Crippen molar-refractivity contribution in [1.29, 1.82) is 0 Å². The minimum atomic E-state index is -0.869. The predicted octanol–water partition coefficient (Wildman–Crippen LogP) is 18.0. The molecule has 12 aromatic rings. The average Bonchev–Trinajstić information content (AvgIpc) is 1.60. The fourth-order valence-electron chi connectivity index (χ4n) is 14.7. The summed E-state index contributed by atoms with van der Waals surface area (Å²) >= 11 is 23.8. The third kappa shape index (κ3) is 16.4. The molecule has 6 aromatic carbocycles. The number of aromatic nitrogens is 9. The molecule has 21 nitrogen and oxygen atoms in total. The Morgan fingerprint density at radius 3 is 0.904 bits per heavy atom. The van der Waals surface area contributed by atoms with Crippen LogP contribution in [0.15, 0.2) is 142 Å². The highest BCUT2D eigenvalue weighted by atomic mass is 35.5. The lowest BCUT2D eigenvalue weighted by molar-refractivity contribution is -0.117. The summed E-state index contributed by atoms with van der Waals surface area (Å²) in [5, 5.41) is 40.5. The molecule has 0 spiro atoms. The van der Waals surface area contributed by atoms with Gasteiger partial charge in [-0.1, -0.05) is 89.4 Å². The van der Waals surface area contributed by atoms with Crippen molar-refractivity contribution in [3.05, 3.63) is 275 Å². The second-order valence-electron chi connectivity index (χ2n) is 28.3. The van der Waals surface area contributed by atoms with Crippen molar-refractivity contribution in [2.75, 3.05) is 22.2 Å². The number of anilines is 3. The summed E-state index contributed by atoms with van der Waals surface area (Å²) in [6, 6.07) is 38.5. The van der Waals surface area contributed by atoms with Gasteiger partial charge in [0.05, 0.1) is 36.4 Å². The number of hydrogen-bond acceptors (Lipinski definition) is 19. The molecule has 584 valence electrons. The zero-order valence-electron chi connectivity index (χ0n) is 63.4. The van der Waals surface area contributed by atoms with Gasteiger partial charge in [-0.25, -0.2) is 0 Å². The number of benzene rings is 6. The predicted molar refractivity (Wildman–Crippen MR) is 460 cm³/mol. The molecule has 12 heterocycles. The first kappa shape index (κ1) is 80.1. The normalized spacial score (nSPS) is 17.7. The number of nitrogens with one attached hydrogen (secondary N) is 3. The average molecular weight is 1720 g/mol. The van der Waals surface area contributed by atoms with Crippen LogP contribution in [0.5, 0.6) is 0 Å². The van der Waals surface area contributed by atoms with Gasteiger partial charge in [0.2, 0.25) is 17.7 Å². The molecule has 0 fully saturated rings. The smallest absolute Gasteiger partial charge is 0.227 e. The molecule has 0 saturated heterocycles. The molecule has 1 unspecified atom stereocenters. The van der Waals surface area contributed by atoms with Gasteiger partial charge in [-0.3, -0.25) is 55.7 Å². The summed E-state index contributed by atoms with van der Waals surface area (Å²) in [5.41, 5.74) is 20.2. The second kappa shape index (κ2) is 33.6. The van der Waals surface area contributed by atoms with E-state index in [2.05, 4.69) is 88.1 Å². The van der Waals surface area contributed by atoms with Crippen molar-refractivity contribution in [3.8, 4) is 15.0 Å². The summed E-state index contributed by atoms with van der Waals surface area (Å²) in [7, 11) is -2.61. The number of carbonyl (C=O) groups excluding carboxylic acids is 3. The van der Waals surface area contributed by atoms with Crippen LogP contribution in [0.25, 0.3) is 15.0 Å². The summed E-state index contributed by atoms with van der Waals surface area (Å²) < 4.78 is 52.1. The van der Waals surface area contributed by atoms with Crippen molar-refractivity contribution in [2.24, 2.45) is 15.0 Å². The minimum absolute atomic E-state index is 0.102. The lowest BCUT2D eigenvalue weighted by Crippen LogP contribution is -2.17. The molecule has 6 aliphatic rings. The standard InChI is InChI=1S/3C27H24ClN5O2S2.CH3FS/c3*1-14-15(2)36-27-24(14)25(17-4-7-20(28)8-5-17)30-22(26-32-31-16(3)33(26)27)11-23(34)29-21-9-6-18-12-37(35)13-19(18)10-21;1-3-2/h3*4-10,22H,11-13H2,1-3H3,(H,29,34);1H3/t22-,37?;22-,37+;22-,37-;/m000./s1. The molecule has 6 atom stereocenters. The maximum Gasteiger partial charge on any atom is 0.227 e. The van der Waals surface area contributed by atoms with Gasteiger partial charge in [0.25, 0.3) is 0 Å². The van der Waals surface area contributed by atoms with Crippen molar-refractivity contribution >= 4 is 165 Å². The molecule has 114 heavy (non-hydrogen) atoms. The van der Waals surface area contributed by atoms with Crippen molar-refractivity contribution in [1.82, 2.24) is 44.3 Å². The summed E-state index contributed by atoms with van der Waals surface area (Å²) in [4.78, 5) is 58.9. The Kier molecular flexibility index (Phi) is 23.6. The highest BCUT2D eigenvalue weighted by Gasteiger charge is 2.37. The molecule has 0 aliphatic carbocycles. The molecule has 3 N–H and O–H groups in total. The number of rotatable bonds is 12. The van der Waals surface area contributed by atoms with Crippen LogP contribution < -0.4 is 16.0 Å². The van der Waals surface area contributed by atoms with Gasteiger partial charge in [0.15, 0.2) is 17.5 Å². The monoisotopic (exact) mass is 1710 g/mol. The molecule has 18 rings (SSSR count). The van der Waals surface area contributed by atoms with Gasteiger partial charge in [0.1, 0.15) is 50.6 Å². The number of nitrogens with zero attached hydrogens (tertiary/aromatic N) is 12. The van der Waals surface area contributed by atoms with Crippen LogP contribution in [-0.4, -0.2) is 98.0 Å². The first-order chi connectivity index (χ1) is 54.8. The van der Waals surface area contributed by atoms with Gasteiger partial charge in [0, 0.05) is 165 Å². The van der Waals surface area contributed by atoms with Crippen molar-refractivity contribution in [2.45, 2.75) is 134 Å². The van der Waals surface area contributed by atoms with E-state index in [9.17, 15) is 30.9 Å². The van der Waals surface area contributed by atoms with Gasteiger partial charge in [-0.05, 0) is 185 Å². The van der Waals surface area contributed by atoms with E-state index in [-0.39, 0.29) is 49.1 Å². The number of thiophene rings is 3. The third-order valence-electron chi connectivity index (χ3n) is 20.6. The summed E-state index contributed by atoms with van der Waals surface area (Å²) in [5.74, 6) is 6.97. The molecule has 6 aliphatic heterocycles. The molecule has 32 heteroatoms. The van der Waals surface area contributed by atoms with E-state index in [1.807, 2.05) is 162 Å². The van der Waals surface area contributed by atoms with E-state index in [1.165, 1.54) is 20.9 Å². The van der Waals surface area contributed by atoms with Crippen LogP contribution in [0.1, 0.15) is 170 Å². The van der Waals surface area contributed by atoms with Crippen LogP contribution in [0.2, 0.25) is 15.1 Å². The number of carbonyl (C=O) groups is 3. The summed E-state index contributed by atoms with van der Waals surface area (Å²) in [6.07, 6.45) is 1.68. The Morgan fingerprint density at radius 1 is 0.404 bits per heavy atom. The number of hydrogen-bond donors (Lipinski definition) is 3. The number of aliphatic imine (C=N–C) groups is 3. The van der Waals surface area contributed by atoms with Gasteiger partial charge in [-0.2, -0.15) is 3.89 Å². The Bertz CT molecular complexity index is 5470. The fourth-order valence-corrected chi connectivity index (χ4v) is 22.7. The molecular weight excluding hydrogens is 1640 g/mol.